The van der Waals surface area contributed by atoms with Crippen molar-refractivity contribution >= 4 is 0 Å². The van der Waals surface area contributed by atoms with E-state index in [1.807, 2.05) is 6.07 Å². The molecule has 0 amide bonds. The minimum atomic E-state index is -0.687. The highest BCUT2D eigenvalue weighted by atomic mass is 16.3. The lowest BCUT2D eigenvalue weighted by Gasteiger charge is -2.37. The molecule has 1 aliphatic rings. The van der Waals surface area contributed by atoms with Gasteiger partial charge in [-0.05, 0) is 24.9 Å². The zero-order valence-electron chi connectivity index (χ0n) is 9.60. The first-order chi connectivity index (χ1) is 7.72. The molecule has 1 atom stereocenters. The fourth-order valence-electron chi connectivity index (χ4n) is 2.30. The van der Waals surface area contributed by atoms with Crippen molar-refractivity contribution < 1.29 is 5.11 Å². The average molecular weight is 217 g/mol. The molecule has 16 heavy (non-hydrogen) atoms. The van der Waals surface area contributed by atoms with Crippen LogP contribution < -0.4 is 0 Å². The maximum atomic E-state index is 10.2. The second-order valence-corrected chi connectivity index (χ2v) is 4.61. The standard InChI is InChI=1S/C14H19NO/c1-2-14(16)9-6-10-15(12-14)11-13-7-4-3-5-8-13/h2-5,7-8,16H,1,6,9-12H2. The van der Waals surface area contributed by atoms with E-state index >= 15 is 0 Å². The molecule has 86 valence electrons. The van der Waals surface area contributed by atoms with E-state index in [-0.39, 0.29) is 0 Å². The van der Waals surface area contributed by atoms with Crippen LogP contribution in [0.5, 0.6) is 0 Å². The Labute approximate surface area is 97.2 Å². The van der Waals surface area contributed by atoms with Crippen LogP contribution >= 0.6 is 0 Å². The first-order valence-electron chi connectivity index (χ1n) is 5.84. The van der Waals surface area contributed by atoms with Crippen LogP contribution in [0.2, 0.25) is 0 Å². The molecule has 1 aromatic carbocycles. The fourth-order valence-corrected chi connectivity index (χ4v) is 2.30. The van der Waals surface area contributed by atoms with Gasteiger partial charge in [0.15, 0.2) is 0 Å². The largest absolute Gasteiger partial charge is 0.384 e. The van der Waals surface area contributed by atoms with E-state index < -0.39 is 5.60 Å². The predicted molar refractivity (Wildman–Crippen MR) is 66.1 cm³/mol. The Morgan fingerprint density at radius 2 is 2.12 bits per heavy atom. The summed E-state index contributed by atoms with van der Waals surface area (Å²) in [6, 6.07) is 10.4. The van der Waals surface area contributed by atoms with E-state index in [1.165, 1.54) is 5.56 Å². The number of likely N-dealkylation sites (tertiary alicyclic amines) is 1. The summed E-state index contributed by atoms with van der Waals surface area (Å²) >= 11 is 0. The van der Waals surface area contributed by atoms with Gasteiger partial charge in [0, 0.05) is 13.1 Å². The topological polar surface area (TPSA) is 23.5 Å². The Hall–Kier alpha value is -1.12. The first-order valence-corrected chi connectivity index (χ1v) is 5.84. The Morgan fingerprint density at radius 1 is 1.38 bits per heavy atom. The van der Waals surface area contributed by atoms with Gasteiger partial charge in [-0.15, -0.1) is 6.58 Å². The molecule has 1 aromatic rings. The minimum Gasteiger partial charge on any atom is -0.384 e. The predicted octanol–water partition coefficient (Wildman–Crippen LogP) is 2.20. The summed E-state index contributed by atoms with van der Waals surface area (Å²) < 4.78 is 0. The van der Waals surface area contributed by atoms with E-state index in [2.05, 4.69) is 35.7 Å². The van der Waals surface area contributed by atoms with Crippen molar-refractivity contribution in [1.82, 2.24) is 4.90 Å². The summed E-state index contributed by atoms with van der Waals surface area (Å²) in [4.78, 5) is 2.29. The van der Waals surface area contributed by atoms with Crippen molar-refractivity contribution in [2.45, 2.75) is 25.0 Å². The number of aliphatic hydroxyl groups is 1. The minimum absolute atomic E-state index is 0.687. The molecule has 1 saturated heterocycles. The summed E-state index contributed by atoms with van der Waals surface area (Å²) in [7, 11) is 0. The van der Waals surface area contributed by atoms with Crippen LogP contribution in [0.15, 0.2) is 43.0 Å². The molecule has 0 bridgehead atoms. The highest BCUT2D eigenvalue weighted by Gasteiger charge is 2.29. The Kier molecular flexibility index (Phi) is 3.42. The second kappa shape index (κ2) is 4.81. The molecule has 1 unspecified atom stereocenters. The number of hydrogen-bond donors (Lipinski definition) is 1. The highest BCUT2D eigenvalue weighted by Crippen LogP contribution is 2.23. The Balaban J connectivity index is 1.98. The number of piperidine rings is 1. The van der Waals surface area contributed by atoms with E-state index in [9.17, 15) is 5.11 Å². The molecule has 0 spiro atoms. The Bertz CT molecular complexity index is 349. The van der Waals surface area contributed by atoms with E-state index in [0.717, 1.165) is 25.9 Å². The van der Waals surface area contributed by atoms with Crippen LogP contribution in [-0.2, 0) is 6.54 Å². The van der Waals surface area contributed by atoms with Crippen LogP contribution in [0, 0.1) is 0 Å². The van der Waals surface area contributed by atoms with E-state index in [1.54, 1.807) is 6.08 Å². The molecule has 1 N–H and O–H groups in total. The lowest BCUT2D eigenvalue weighted by atomic mass is 9.93. The smallest absolute Gasteiger partial charge is 0.0952 e. The zero-order valence-corrected chi connectivity index (χ0v) is 9.60. The molecule has 0 aliphatic carbocycles. The van der Waals surface area contributed by atoms with Crippen molar-refractivity contribution in [3.8, 4) is 0 Å². The highest BCUT2D eigenvalue weighted by molar-refractivity contribution is 5.15. The maximum Gasteiger partial charge on any atom is 0.0952 e. The molecule has 1 fully saturated rings. The third-order valence-electron chi connectivity index (χ3n) is 3.21. The van der Waals surface area contributed by atoms with Gasteiger partial charge in [-0.2, -0.15) is 0 Å². The molecule has 0 saturated carbocycles. The van der Waals surface area contributed by atoms with Crippen molar-refractivity contribution in [3.63, 3.8) is 0 Å². The van der Waals surface area contributed by atoms with Crippen molar-refractivity contribution in [1.29, 1.82) is 0 Å². The van der Waals surface area contributed by atoms with Crippen LogP contribution in [-0.4, -0.2) is 28.7 Å². The van der Waals surface area contributed by atoms with Crippen LogP contribution in [0.25, 0.3) is 0 Å². The molecule has 2 heteroatoms. The van der Waals surface area contributed by atoms with Gasteiger partial charge in [0.1, 0.15) is 0 Å². The molecular weight excluding hydrogens is 198 g/mol. The van der Waals surface area contributed by atoms with Crippen LogP contribution in [0.4, 0.5) is 0 Å². The molecule has 0 radical (unpaired) electrons. The molecular formula is C14H19NO. The first kappa shape index (κ1) is 11.4. The third kappa shape index (κ3) is 2.71. The Morgan fingerprint density at radius 3 is 2.81 bits per heavy atom. The van der Waals surface area contributed by atoms with Gasteiger partial charge < -0.3 is 5.11 Å². The SMILES string of the molecule is C=CC1(O)CCCN(Cc2ccccc2)C1. The lowest BCUT2D eigenvalue weighted by Crippen LogP contribution is -2.46. The van der Waals surface area contributed by atoms with Gasteiger partial charge in [0.2, 0.25) is 0 Å². The summed E-state index contributed by atoms with van der Waals surface area (Å²) in [5.74, 6) is 0. The van der Waals surface area contributed by atoms with Crippen molar-refractivity contribution in [2.75, 3.05) is 13.1 Å². The second-order valence-electron chi connectivity index (χ2n) is 4.61. The average Bonchev–Trinajstić information content (AvgIpc) is 2.30. The van der Waals surface area contributed by atoms with Crippen molar-refractivity contribution in [2.24, 2.45) is 0 Å². The molecule has 2 nitrogen and oxygen atoms in total. The summed E-state index contributed by atoms with van der Waals surface area (Å²) in [6.45, 7) is 6.39. The summed E-state index contributed by atoms with van der Waals surface area (Å²) in [5, 5.41) is 10.2. The quantitative estimate of drug-likeness (QED) is 0.785. The monoisotopic (exact) mass is 217 g/mol. The van der Waals surface area contributed by atoms with Gasteiger partial charge in [0.05, 0.1) is 5.60 Å². The lowest BCUT2D eigenvalue weighted by molar-refractivity contribution is 0.00554. The molecule has 2 rings (SSSR count). The van der Waals surface area contributed by atoms with Crippen molar-refractivity contribution in [3.05, 3.63) is 48.6 Å². The number of nitrogens with zero attached hydrogens (tertiary/aromatic N) is 1. The number of hydrogen-bond acceptors (Lipinski definition) is 2. The molecule has 1 aliphatic heterocycles. The molecule has 1 heterocycles. The number of β-amino-alcohol motifs (C(OH)–C–C–N with tert-alkyl or cyclic N) is 1. The normalized spacial score (nSPS) is 26.6. The number of rotatable bonds is 3. The molecule has 0 aromatic heterocycles. The van der Waals surface area contributed by atoms with Gasteiger partial charge in [0.25, 0.3) is 0 Å². The third-order valence-corrected chi connectivity index (χ3v) is 3.21. The van der Waals surface area contributed by atoms with Gasteiger partial charge in [-0.3, -0.25) is 4.90 Å². The summed E-state index contributed by atoms with van der Waals surface area (Å²) in [6.07, 6.45) is 3.56. The van der Waals surface area contributed by atoms with E-state index in [4.69, 9.17) is 0 Å². The summed E-state index contributed by atoms with van der Waals surface area (Å²) in [5.41, 5.74) is 0.614. The zero-order chi connectivity index (χ0) is 11.4. The van der Waals surface area contributed by atoms with E-state index in [0.29, 0.717) is 6.54 Å². The van der Waals surface area contributed by atoms with Gasteiger partial charge in [-0.1, -0.05) is 36.4 Å². The van der Waals surface area contributed by atoms with Crippen LogP contribution in [0.1, 0.15) is 18.4 Å². The maximum absolute atomic E-state index is 10.2. The van der Waals surface area contributed by atoms with Gasteiger partial charge >= 0.3 is 0 Å². The van der Waals surface area contributed by atoms with Crippen LogP contribution in [0.3, 0.4) is 0 Å². The number of benzene rings is 1. The fraction of sp³-hybridized carbons (Fsp3) is 0.429. The van der Waals surface area contributed by atoms with Gasteiger partial charge in [-0.25, -0.2) is 0 Å².